The lowest BCUT2D eigenvalue weighted by Gasteiger charge is -2.58. The van der Waals surface area contributed by atoms with Crippen LogP contribution in [0.1, 0.15) is 78.7 Å². The van der Waals surface area contributed by atoms with Crippen molar-refractivity contribution in [3.63, 3.8) is 0 Å². The Kier molecular flexibility index (Phi) is 5.82. The second-order valence-electron chi connectivity index (χ2n) is 12.8. The molecule has 184 valence electrons. The van der Waals surface area contributed by atoms with Gasteiger partial charge in [0.25, 0.3) is 0 Å². The number of ketones is 1. The van der Waals surface area contributed by atoms with Gasteiger partial charge in [0.05, 0.1) is 0 Å². The zero-order valence-electron chi connectivity index (χ0n) is 21.3. The lowest BCUT2D eigenvalue weighted by molar-refractivity contribution is -0.127. The molecule has 0 bridgehead atoms. The van der Waals surface area contributed by atoms with Gasteiger partial charge in [0.15, 0.2) is 5.78 Å². The quantitative estimate of drug-likeness (QED) is 0.456. The highest BCUT2D eigenvalue weighted by atomic mass is 79.9. The number of nitrogens with one attached hydrogen (secondary N) is 2. The SMILES string of the molecule is CC(C)(C)c1ccc(Br)cc1NC(=O)[C@H]1CC[C@H]2[C@@H]3CNC4=CC(=O)CC[C@]4(C)[C@H]3CC[C@]12C. The van der Waals surface area contributed by atoms with Crippen LogP contribution >= 0.6 is 15.9 Å². The third kappa shape index (κ3) is 3.77. The van der Waals surface area contributed by atoms with E-state index >= 15 is 0 Å². The number of hydrogen-bond acceptors (Lipinski definition) is 3. The summed E-state index contributed by atoms with van der Waals surface area (Å²) < 4.78 is 0.989. The maximum atomic E-state index is 13.8. The number of carbonyl (C=O) groups excluding carboxylic acids is 2. The highest BCUT2D eigenvalue weighted by molar-refractivity contribution is 9.10. The first-order valence-electron chi connectivity index (χ1n) is 13.0. The Labute approximate surface area is 212 Å². The summed E-state index contributed by atoms with van der Waals surface area (Å²) in [5.74, 6) is 2.22. The molecule has 4 nitrogen and oxygen atoms in total. The van der Waals surface area contributed by atoms with E-state index in [0.717, 1.165) is 48.8 Å². The largest absolute Gasteiger partial charge is 0.387 e. The van der Waals surface area contributed by atoms with Gasteiger partial charge in [0.1, 0.15) is 0 Å². The van der Waals surface area contributed by atoms with Gasteiger partial charge in [0, 0.05) is 46.2 Å². The summed E-state index contributed by atoms with van der Waals surface area (Å²) in [6, 6.07) is 6.23. The predicted octanol–water partition coefficient (Wildman–Crippen LogP) is 6.60. The molecule has 0 unspecified atom stereocenters. The van der Waals surface area contributed by atoms with Crippen molar-refractivity contribution in [2.45, 2.75) is 78.6 Å². The van der Waals surface area contributed by atoms with Crippen molar-refractivity contribution in [3.05, 3.63) is 40.0 Å². The van der Waals surface area contributed by atoms with Crippen LogP contribution in [0.5, 0.6) is 0 Å². The zero-order valence-corrected chi connectivity index (χ0v) is 22.8. The maximum absolute atomic E-state index is 13.8. The molecule has 0 radical (unpaired) electrons. The highest BCUT2D eigenvalue weighted by Gasteiger charge is 2.60. The molecule has 5 heteroatoms. The van der Waals surface area contributed by atoms with Gasteiger partial charge in [-0.25, -0.2) is 0 Å². The Morgan fingerprint density at radius 2 is 1.88 bits per heavy atom. The number of fused-ring (bicyclic) bond motifs is 5. The van der Waals surface area contributed by atoms with Crippen LogP contribution in [0.3, 0.4) is 0 Å². The number of carbonyl (C=O) groups is 2. The Balaban J connectivity index is 1.38. The second kappa shape index (κ2) is 8.21. The molecule has 2 saturated carbocycles. The Morgan fingerprint density at radius 1 is 1.12 bits per heavy atom. The van der Waals surface area contributed by atoms with E-state index in [1.54, 1.807) is 0 Å². The Hall–Kier alpha value is -1.62. The number of amides is 1. The number of halogens is 1. The van der Waals surface area contributed by atoms with Gasteiger partial charge in [-0.05, 0) is 78.4 Å². The standard InChI is InChI=1S/C29H39BrN2O2/c1-27(2,3)22-7-6-17(30)14-24(22)32-26(34)23-9-8-20-19-16-31-25-15-18(33)10-12-29(25,5)21(19)11-13-28(20,23)4/h6-7,14-15,19-21,23,31H,8-13,16H2,1-5H3,(H,32,34)/t19-,20-,21-,23+,28-,29+/m0/s1. The molecule has 4 aliphatic rings. The summed E-state index contributed by atoms with van der Waals surface area (Å²) in [4.78, 5) is 25.8. The minimum absolute atomic E-state index is 0.0307. The molecule has 2 N–H and O–H groups in total. The van der Waals surface area contributed by atoms with Crippen molar-refractivity contribution in [3.8, 4) is 0 Å². The van der Waals surface area contributed by atoms with Crippen molar-refractivity contribution >= 4 is 33.3 Å². The second-order valence-corrected chi connectivity index (χ2v) is 13.7. The van der Waals surface area contributed by atoms with Crippen molar-refractivity contribution in [2.75, 3.05) is 11.9 Å². The zero-order chi connectivity index (χ0) is 24.5. The van der Waals surface area contributed by atoms with E-state index < -0.39 is 0 Å². The van der Waals surface area contributed by atoms with E-state index in [1.165, 1.54) is 11.3 Å². The van der Waals surface area contributed by atoms with Gasteiger partial charge in [-0.1, -0.05) is 56.6 Å². The van der Waals surface area contributed by atoms with Crippen LogP contribution in [0.2, 0.25) is 0 Å². The molecule has 1 aliphatic heterocycles. The van der Waals surface area contributed by atoms with Gasteiger partial charge in [-0.2, -0.15) is 0 Å². The van der Waals surface area contributed by atoms with E-state index in [-0.39, 0.29) is 33.9 Å². The van der Waals surface area contributed by atoms with Crippen molar-refractivity contribution < 1.29 is 9.59 Å². The van der Waals surface area contributed by atoms with E-state index in [2.05, 4.69) is 73.3 Å². The molecule has 1 aromatic carbocycles. The van der Waals surface area contributed by atoms with Crippen molar-refractivity contribution in [2.24, 2.45) is 34.5 Å². The summed E-state index contributed by atoms with van der Waals surface area (Å²) in [7, 11) is 0. The average Bonchev–Trinajstić information content (AvgIpc) is 3.11. The number of allylic oxidation sites excluding steroid dienone is 2. The number of rotatable bonds is 2. The number of anilines is 1. The van der Waals surface area contributed by atoms with Gasteiger partial charge < -0.3 is 10.6 Å². The molecule has 1 saturated heterocycles. The van der Waals surface area contributed by atoms with Crippen LogP contribution in [-0.2, 0) is 15.0 Å². The van der Waals surface area contributed by atoms with Crippen molar-refractivity contribution in [1.29, 1.82) is 0 Å². The van der Waals surface area contributed by atoms with Crippen LogP contribution in [0.15, 0.2) is 34.4 Å². The fourth-order valence-corrected chi connectivity index (χ4v) is 8.43. The molecule has 5 rings (SSSR count). The Morgan fingerprint density at radius 3 is 2.62 bits per heavy atom. The molecule has 3 aliphatic carbocycles. The first-order valence-corrected chi connectivity index (χ1v) is 13.8. The van der Waals surface area contributed by atoms with Gasteiger partial charge in [-0.3, -0.25) is 9.59 Å². The van der Waals surface area contributed by atoms with Crippen LogP contribution in [-0.4, -0.2) is 18.2 Å². The molecule has 0 spiro atoms. The monoisotopic (exact) mass is 526 g/mol. The maximum Gasteiger partial charge on any atom is 0.228 e. The third-order valence-electron chi connectivity index (χ3n) is 9.96. The molecule has 1 heterocycles. The summed E-state index contributed by atoms with van der Waals surface area (Å²) in [5, 5.41) is 7.03. The van der Waals surface area contributed by atoms with Crippen molar-refractivity contribution in [1.82, 2.24) is 5.32 Å². The van der Waals surface area contributed by atoms with Gasteiger partial charge >= 0.3 is 0 Å². The van der Waals surface area contributed by atoms with Gasteiger partial charge in [0.2, 0.25) is 5.91 Å². The fraction of sp³-hybridized carbons (Fsp3) is 0.655. The molecular formula is C29H39BrN2O2. The summed E-state index contributed by atoms with van der Waals surface area (Å²) in [6.45, 7) is 12.3. The fourth-order valence-electron chi connectivity index (χ4n) is 8.07. The van der Waals surface area contributed by atoms with Crippen LogP contribution in [0.4, 0.5) is 5.69 Å². The lowest BCUT2D eigenvalue weighted by atomic mass is 9.50. The topological polar surface area (TPSA) is 58.2 Å². The van der Waals surface area contributed by atoms with E-state index in [9.17, 15) is 9.59 Å². The van der Waals surface area contributed by atoms with Crippen LogP contribution < -0.4 is 10.6 Å². The molecule has 0 aromatic heterocycles. The first-order chi connectivity index (χ1) is 15.9. The number of piperidine rings is 1. The minimum Gasteiger partial charge on any atom is -0.387 e. The molecule has 6 atom stereocenters. The minimum atomic E-state index is -0.0424. The molecule has 1 aromatic rings. The van der Waals surface area contributed by atoms with E-state index in [4.69, 9.17) is 0 Å². The number of benzene rings is 1. The number of hydrogen-bond donors (Lipinski definition) is 2. The molecule has 1 amide bonds. The first kappa shape index (κ1) is 24.1. The summed E-state index contributed by atoms with van der Waals surface area (Å²) >= 11 is 3.59. The summed E-state index contributed by atoms with van der Waals surface area (Å²) in [5.41, 5.74) is 3.34. The van der Waals surface area contributed by atoms with E-state index in [1.807, 2.05) is 12.1 Å². The lowest BCUT2D eigenvalue weighted by Crippen LogP contribution is -2.57. The normalized spacial score (nSPS) is 37.1. The highest BCUT2D eigenvalue weighted by Crippen LogP contribution is 2.64. The third-order valence-corrected chi connectivity index (χ3v) is 10.5. The summed E-state index contributed by atoms with van der Waals surface area (Å²) in [6.07, 6.45) is 7.83. The van der Waals surface area contributed by atoms with E-state index in [0.29, 0.717) is 24.2 Å². The average molecular weight is 528 g/mol. The van der Waals surface area contributed by atoms with Crippen LogP contribution in [0.25, 0.3) is 0 Å². The van der Waals surface area contributed by atoms with Crippen LogP contribution in [0, 0.1) is 34.5 Å². The molecule has 34 heavy (non-hydrogen) atoms. The van der Waals surface area contributed by atoms with Gasteiger partial charge in [-0.15, -0.1) is 0 Å². The molecule has 3 fully saturated rings. The smallest absolute Gasteiger partial charge is 0.228 e. The predicted molar refractivity (Wildman–Crippen MR) is 140 cm³/mol. The molecular weight excluding hydrogens is 488 g/mol. The Bertz CT molecular complexity index is 1060.